The zero-order chi connectivity index (χ0) is 15.9. The minimum atomic E-state index is 1.33. The molecule has 130 valence electrons. The molecule has 0 saturated carbocycles. The average Bonchev–Trinajstić information content (AvgIpc) is 2.78. The summed E-state index contributed by atoms with van der Waals surface area (Å²) in [5, 5.41) is 0. The van der Waals surface area contributed by atoms with Gasteiger partial charge >= 0.3 is 0 Å². The number of rotatable bonds is 0. The number of fused-ring (bicyclic) bond motifs is 3. The molecule has 0 spiro atoms. The maximum Gasteiger partial charge on any atom is 0.0209 e. The molecule has 0 unspecified atom stereocenters. The highest BCUT2D eigenvalue weighted by Crippen LogP contribution is 2.31. The van der Waals surface area contributed by atoms with E-state index in [4.69, 9.17) is 0 Å². The fraction of sp³-hybridized carbons (Fsp3) is 0.818. The summed E-state index contributed by atoms with van der Waals surface area (Å²) < 4.78 is 2.64. The van der Waals surface area contributed by atoms with Crippen molar-refractivity contribution in [2.24, 2.45) is 7.05 Å². The maximum atomic E-state index is 2.64. The van der Waals surface area contributed by atoms with Crippen LogP contribution in [0.2, 0.25) is 0 Å². The van der Waals surface area contributed by atoms with Crippen LogP contribution in [0.3, 0.4) is 0 Å². The summed E-state index contributed by atoms with van der Waals surface area (Å²) in [6.45, 7) is 0. The Bertz CT molecular complexity index is 483. The van der Waals surface area contributed by atoms with E-state index in [9.17, 15) is 0 Å². The van der Waals surface area contributed by atoms with Crippen molar-refractivity contribution in [3.05, 3.63) is 22.5 Å². The zero-order valence-electron chi connectivity index (χ0n) is 15.5. The van der Waals surface area contributed by atoms with Gasteiger partial charge in [-0.3, -0.25) is 0 Å². The minimum absolute atomic E-state index is 1.33. The average molecular weight is 316 g/mol. The van der Waals surface area contributed by atoms with Gasteiger partial charge in [0.1, 0.15) is 0 Å². The third-order valence-corrected chi connectivity index (χ3v) is 6.30. The van der Waals surface area contributed by atoms with Gasteiger partial charge in [0.15, 0.2) is 0 Å². The standard InChI is InChI=1S/C22H37N/c1-23-21-17-13-9-4-2-3-7-11-15-19(21)20-16-12-8-5-6-10-14-18-22(20)23/h2-18H2,1H3. The van der Waals surface area contributed by atoms with Crippen molar-refractivity contribution in [1.29, 1.82) is 0 Å². The normalized spacial score (nSPS) is 21.8. The summed E-state index contributed by atoms with van der Waals surface area (Å²) in [7, 11) is 2.38. The maximum absolute atomic E-state index is 2.64. The smallest absolute Gasteiger partial charge is 0.0209 e. The molecule has 0 saturated heterocycles. The molecule has 0 fully saturated rings. The Labute approximate surface area is 143 Å². The van der Waals surface area contributed by atoms with Gasteiger partial charge in [0.2, 0.25) is 0 Å². The highest BCUT2D eigenvalue weighted by molar-refractivity contribution is 5.39. The third-order valence-electron chi connectivity index (χ3n) is 6.30. The molecule has 0 aromatic carbocycles. The van der Waals surface area contributed by atoms with Crippen LogP contribution >= 0.6 is 0 Å². The second-order valence-corrected chi connectivity index (χ2v) is 8.01. The summed E-state index contributed by atoms with van der Waals surface area (Å²) in [6.07, 6.45) is 24.1. The predicted molar refractivity (Wildman–Crippen MR) is 100 cm³/mol. The Balaban J connectivity index is 1.88. The number of nitrogens with zero attached hydrogens (tertiary/aromatic N) is 1. The number of hydrogen-bond donors (Lipinski definition) is 0. The van der Waals surface area contributed by atoms with Crippen molar-refractivity contribution in [2.45, 2.75) is 109 Å². The van der Waals surface area contributed by atoms with Crippen LogP contribution in [0.4, 0.5) is 0 Å². The van der Waals surface area contributed by atoms with Crippen molar-refractivity contribution in [1.82, 2.24) is 4.57 Å². The Kier molecular flexibility index (Phi) is 6.66. The van der Waals surface area contributed by atoms with Gasteiger partial charge in [0.25, 0.3) is 0 Å². The van der Waals surface area contributed by atoms with Crippen LogP contribution in [0.25, 0.3) is 0 Å². The molecule has 0 amide bonds. The van der Waals surface area contributed by atoms with Crippen molar-refractivity contribution in [2.75, 3.05) is 0 Å². The van der Waals surface area contributed by atoms with Gasteiger partial charge in [-0.1, -0.05) is 57.8 Å². The minimum Gasteiger partial charge on any atom is -0.351 e. The van der Waals surface area contributed by atoms with Crippen LogP contribution in [0.5, 0.6) is 0 Å². The Morgan fingerprint density at radius 1 is 0.435 bits per heavy atom. The van der Waals surface area contributed by atoms with Crippen LogP contribution in [-0.4, -0.2) is 4.57 Å². The van der Waals surface area contributed by atoms with Crippen molar-refractivity contribution < 1.29 is 0 Å². The summed E-state index contributed by atoms with van der Waals surface area (Å²) in [4.78, 5) is 0. The van der Waals surface area contributed by atoms with Crippen LogP contribution in [0.1, 0.15) is 106 Å². The van der Waals surface area contributed by atoms with E-state index in [1.54, 1.807) is 22.5 Å². The number of aromatic nitrogens is 1. The third kappa shape index (κ3) is 4.43. The zero-order valence-corrected chi connectivity index (χ0v) is 15.5. The molecule has 3 rings (SSSR count). The van der Waals surface area contributed by atoms with Gasteiger partial charge in [-0.25, -0.2) is 0 Å². The van der Waals surface area contributed by atoms with Crippen LogP contribution in [0.15, 0.2) is 0 Å². The van der Waals surface area contributed by atoms with Gasteiger partial charge in [0.05, 0.1) is 0 Å². The van der Waals surface area contributed by atoms with Crippen LogP contribution in [-0.2, 0) is 32.7 Å². The lowest BCUT2D eigenvalue weighted by Gasteiger charge is -2.12. The van der Waals surface area contributed by atoms with E-state index in [0.717, 1.165) is 0 Å². The highest BCUT2D eigenvalue weighted by Gasteiger charge is 2.20. The molecule has 0 bridgehead atoms. The molecule has 1 heterocycles. The van der Waals surface area contributed by atoms with E-state index in [-0.39, 0.29) is 0 Å². The first-order valence-corrected chi connectivity index (χ1v) is 10.6. The van der Waals surface area contributed by atoms with Gasteiger partial charge in [-0.2, -0.15) is 0 Å². The molecule has 0 radical (unpaired) electrons. The molecule has 1 nitrogen and oxygen atoms in total. The largest absolute Gasteiger partial charge is 0.351 e. The van der Waals surface area contributed by atoms with Gasteiger partial charge in [-0.15, -0.1) is 0 Å². The molecule has 23 heavy (non-hydrogen) atoms. The quantitative estimate of drug-likeness (QED) is 0.530. The van der Waals surface area contributed by atoms with E-state index in [0.29, 0.717) is 0 Å². The molecule has 1 aromatic rings. The monoisotopic (exact) mass is 315 g/mol. The van der Waals surface area contributed by atoms with Crippen LogP contribution in [0, 0.1) is 0 Å². The van der Waals surface area contributed by atoms with Crippen molar-refractivity contribution in [3.63, 3.8) is 0 Å². The van der Waals surface area contributed by atoms with Crippen LogP contribution < -0.4 is 0 Å². The topological polar surface area (TPSA) is 4.93 Å². The fourth-order valence-electron chi connectivity index (χ4n) is 4.92. The predicted octanol–water partition coefficient (Wildman–Crippen LogP) is 6.29. The molecule has 2 aliphatic carbocycles. The van der Waals surface area contributed by atoms with E-state index in [1.165, 1.54) is 109 Å². The van der Waals surface area contributed by atoms with E-state index >= 15 is 0 Å². The first-order chi connectivity index (χ1) is 11.4. The second kappa shape index (κ2) is 8.94. The molecule has 1 heteroatoms. The molecule has 0 aliphatic heterocycles. The molecule has 0 N–H and O–H groups in total. The summed E-state index contributed by atoms with van der Waals surface area (Å²) in [6, 6.07) is 0. The molecule has 1 aromatic heterocycles. The molecular formula is C22H37N. The first-order valence-electron chi connectivity index (χ1n) is 10.6. The Morgan fingerprint density at radius 3 is 1.13 bits per heavy atom. The lowest BCUT2D eigenvalue weighted by molar-refractivity contribution is 0.565. The fourth-order valence-corrected chi connectivity index (χ4v) is 4.92. The lowest BCUT2D eigenvalue weighted by atomic mass is 9.93. The summed E-state index contributed by atoms with van der Waals surface area (Å²) >= 11 is 0. The Hall–Kier alpha value is -0.720. The highest BCUT2D eigenvalue weighted by atomic mass is 15.0. The summed E-state index contributed by atoms with van der Waals surface area (Å²) in [5.41, 5.74) is 7.03. The summed E-state index contributed by atoms with van der Waals surface area (Å²) in [5.74, 6) is 0. The van der Waals surface area contributed by atoms with Gasteiger partial charge in [0, 0.05) is 18.4 Å². The first kappa shape index (κ1) is 17.1. The van der Waals surface area contributed by atoms with E-state index in [1.807, 2.05) is 0 Å². The van der Waals surface area contributed by atoms with Gasteiger partial charge in [-0.05, 0) is 62.5 Å². The van der Waals surface area contributed by atoms with Gasteiger partial charge < -0.3 is 4.57 Å². The lowest BCUT2D eigenvalue weighted by Crippen LogP contribution is -2.04. The van der Waals surface area contributed by atoms with E-state index < -0.39 is 0 Å². The molecule has 0 atom stereocenters. The SMILES string of the molecule is Cn1c2c(c3c1CCCCCCCC3)CCCCCCCCC2. The number of hydrogen-bond acceptors (Lipinski definition) is 0. The second-order valence-electron chi connectivity index (χ2n) is 8.01. The molecular weight excluding hydrogens is 278 g/mol. The van der Waals surface area contributed by atoms with Crippen molar-refractivity contribution in [3.8, 4) is 0 Å². The van der Waals surface area contributed by atoms with E-state index in [2.05, 4.69) is 11.6 Å². The van der Waals surface area contributed by atoms with Crippen molar-refractivity contribution >= 4 is 0 Å². The Morgan fingerprint density at radius 2 is 0.739 bits per heavy atom. The molecule has 2 aliphatic rings.